The average Bonchev–Trinajstić information content (AvgIpc) is 2.73. The molecule has 0 unspecified atom stereocenters. The molecule has 2 N–H and O–H groups in total. The van der Waals surface area contributed by atoms with Crippen molar-refractivity contribution >= 4 is 27.2 Å². The van der Waals surface area contributed by atoms with Gasteiger partial charge in [0.15, 0.2) is 0 Å². The zero-order valence-corrected chi connectivity index (χ0v) is 9.24. The standard InChI is InChI=1S/C12H9N3S/c13-9-3-4-11-10(6-9)15-12(16-11)8-2-1-5-14-7-8/h1-7H,13H2. The molecule has 0 aliphatic carbocycles. The van der Waals surface area contributed by atoms with Crippen molar-refractivity contribution in [1.29, 1.82) is 0 Å². The van der Waals surface area contributed by atoms with E-state index in [0.29, 0.717) is 0 Å². The second kappa shape index (κ2) is 3.57. The largest absolute Gasteiger partial charge is 0.399 e. The fraction of sp³-hybridized carbons (Fsp3) is 0. The van der Waals surface area contributed by atoms with E-state index in [1.807, 2.05) is 36.5 Å². The monoisotopic (exact) mass is 227 g/mol. The van der Waals surface area contributed by atoms with Gasteiger partial charge in [-0.3, -0.25) is 4.98 Å². The number of rotatable bonds is 1. The van der Waals surface area contributed by atoms with Crippen LogP contribution in [-0.4, -0.2) is 9.97 Å². The Morgan fingerprint density at radius 2 is 2.12 bits per heavy atom. The van der Waals surface area contributed by atoms with E-state index in [1.165, 1.54) is 0 Å². The van der Waals surface area contributed by atoms with E-state index in [9.17, 15) is 0 Å². The Kier molecular flexibility index (Phi) is 2.08. The maximum atomic E-state index is 5.72. The van der Waals surface area contributed by atoms with Crippen LogP contribution in [0.3, 0.4) is 0 Å². The third-order valence-corrected chi connectivity index (χ3v) is 3.41. The highest BCUT2D eigenvalue weighted by Gasteiger charge is 2.05. The molecule has 0 atom stereocenters. The first-order valence-electron chi connectivity index (χ1n) is 4.89. The molecule has 0 aliphatic heterocycles. The normalized spacial score (nSPS) is 10.8. The summed E-state index contributed by atoms with van der Waals surface area (Å²) in [5.74, 6) is 0. The molecule has 4 heteroatoms. The summed E-state index contributed by atoms with van der Waals surface area (Å²) in [5.41, 5.74) is 8.46. The Hall–Kier alpha value is -1.94. The van der Waals surface area contributed by atoms with Crippen molar-refractivity contribution in [2.45, 2.75) is 0 Å². The first-order chi connectivity index (χ1) is 7.83. The van der Waals surface area contributed by atoms with Gasteiger partial charge in [0.25, 0.3) is 0 Å². The van der Waals surface area contributed by atoms with Gasteiger partial charge < -0.3 is 5.73 Å². The van der Waals surface area contributed by atoms with Gasteiger partial charge in [-0.05, 0) is 30.3 Å². The molecule has 78 valence electrons. The highest BCUT2D eigenvalue weighted by atomic mass is 32.1. The zero-order valence-electron chi connectivity index (χ0n) is 8.42. The molecule has 0 radical (unpaired) electrons. The summed E-state index contributed by atoms with van der Waals surface area (Å²) in [7, 11) is 0. The Labute approximate surface area is 96.6 Å². The molecule has 0 saturated carbocycles. The van der Waals surface area contributed by atoms with E-state index in [4.69, 9.17) is 5.73 Å². The molecule has 3 rings (SSSR count). The van der Waals surface area contributed by atoms with Crippen LogP contribution in [0.25, 0.3) is 20.8 Å². The maximum Gasteiger partial charge on any atom is 0.126 e. The number of nitrogen functional groups attached to an aromatic ring is 1. The Balaban J connectivity index is 2.19. The van der Waals surface area contributed by atoms with Crippen molar-refractivity contribution in [2.75, 3.05) is 5.73 Å². The summed E-state index contributed by atoms with van der Waals surface area (Å²) < 4.78 is 1.15. The molecule has 1 aromatic carbocycles. The van der Waals surface area contributed by atoms with E-state index in [0.717, 1.165) is 26.5 Å². The lowest BCUT2D eigenvalue weighted by Gasteiger charge is -1.91. The van der Waals surface area contributed by atoms with Crippen LogP contribution in [0.1, 0.15) is 0 Å². The number of anilines is 1. The molecule has 0 saturated heterocycles. The molecule has 0 spiro atoms. The summed E-state index contributed by atoms with van der Waals surface area (Å²) >= 11 is 1.65. The number of benzene rings is 1. The van der Waals surface area contributed by atoms with Crippen LogP contribution in [0.2, 0.25) is 0 Å². The highest BCUT2D eigenvalue weighted by Crippen LogP contribution is 2.30. The number of fused-ring (bicyclic) bond motifs is 1. The molecule has 0 amide bonds. The van der Waals surface area contributed by atoms with Crippen molar-refractivity contribution in [2.24, 2.45) is 0 Å². The van der Waals surface area contributed by atoms with Gasteiger partial charge in [-0.2, -0.15) is 0 Å². The van der Waals surface area contributed by atoms with Crippen LogP contribution < -0.4 is 5.73 Å². The fourth-order valence-corrected chi connectivity index (χ4v) is 2.49. The summed E-state index contributed by atoms with van der Waals surface area (Å²) in [6.45, 7) is 0. The van der Waals surface area contributed by atoms with Gasteiger partial charge in [0.05, 0.1) is 10.2 Å². The summed E-state index contributed by atoms with van der Waals surface area (Å²) in [6, 6.07) is 9.71. The van der Waals surface area contributed by atoms with Crippen molar-refractivity contribution < 1.29 is 0 Å². The van der Waals surface area contributed by atoms with Crippen molar-refractivity contribution in [3.05, 3.63) is 42.7 Å². The van der Waals surface area contributed by atoms with Gasteiger partial charge in [-0.25, -0.2) is 4.98 Å². The van der Waals surface area contributed by atoms with Crippen LogP contribution in [0, 0.1) is 0 Å². The minimum absolute atomic E-state index is 0.746. The fourth-order valence-electron chi connectivity index (χ4n) is 1.56. The summed E-state index contributed by atoms with van der Waals surface area (Å²) in [4.78, 5) is 8.63. The van der Waals surface area contributed by atoms with Crippen LogP contribution in [0.4, 0.5) is 5.69 Å². The minimum atomic E-state index is 0.746. The van der Waals surface area contributed by atoms with Gasteiger partial charge in [-0.15, -0.1) is 11.3 Å². The Morgan fingerprint density at radius 1 is 1.19 bits per heavy atom. The Morgan fingerprint density at radius 3 is 2.94 bits per heavy atom. The van der Waals surface area contributed by atoms with Gasteiger partial charge in [0.2, 0.25) is 0 Å². The predicted molar refractivity (Wildman–Crippen MR) is 67.3 cm³/mol. The van der Waals surface area contributed by atoms with Gasteiger partial charge in [-0.1, -0.05) is 0 Å². The van der Waals surface area contributed by atoms with Crippen LogP contribution in [0.15, 0.2) is 42.7 Å². The summed E-state index contributed by atoms with van der Waals surface area (Å²) in [6.07, 6.45) is 3.58. The Bertz CT molecular complexity index is 631. The van der Waals surface area contributed by atoms with Crippen LogP contribution in [0.5, 0.6) is 0 Å². The first kappa shape index (κ1) is 9.30. The summed E-state index contributed by atoms with van der Waals surface area (Å²) in [5, 5.41) is 0.980. The number of nitrogens with zero attached hydrogens (tertiary/aromatic N) is 2. The third-order valence-electron chi connectivity index (χ3n) is 2.32. The van der Waals surface area contributed by atoms with Crippen LogP contribution >= 0.6 is 11.3 Å². The molecule has 2 aromatic heterocycles. The number of hydrogen-bond donors (Lipinski definition) is 1. The van der Waals surface area contributed by atoms with E-state index in [-0.39, 0.29) is 0 Å². The average molecular weight is 227 g/mol. The number of pyridine rings is 1. The predicted octanol–water partition coefficient (Wildman–Crippen LogP) is 2.94. The number of aromatic nitrogens is 2. The molecule has 2 heterocycles. The topological polar surface area (TPSA) is 51.8 Å². The van der Waals surface area contributed by atoms with E-state index < -0.39 is 0 Å². The SMILES string of the molecule is Nc1ccc2sc(-c3cccnc3)nc2c1. The lowest BCUT2D eigenvalue weighted by Crippen LogP contribution is -1.82. The second-order valence-corrected chi connectivity index (χ2v) is 4.52. The van der Waals surface area contributed by atoms with Gasteiger partial charge >= 0.3 is 0 Å². The van der Waals surface area contributed by atoms with Crippen LogP contribution in [-0.2, 0) is 0 Å². The quantitative estimate of drug-likeness (QED) is 0.650. The van der Waals surface area contributed by atoms with E-state index in [1.54, 1.807) is 17.5 Å². The molecule has 0 aliphatic rings. The third kappa shape index (κ3) is 1.53. The van der Waals surface area contributed by atoms with Gasteiger partial charge in [0, 0.05) is 23.6 Å². The minimum Gasteiger partial charge on any atom is -0.399 e. The molecular weight excluding hydrogens is 218 g/mol. The second-order valence-electron chi connectivity index (χ2n) is 3.49. The first-order valence-corrected chi connectivity index (χ1v) is 5.71. The zero-order chi connectivity index (χ0) is 11.0. The molecule has 0 fully saturated rings. The number of thiazole rings is 1. The smallest absolute Gasteiger partial charge is 0.126 e. The van der Waals surface area contributed by atoms with Crippen molar-refractivity contribution in [1.82, 2.24) is 9.97 Å². The van der Waals surface area contributed by atoms with Gasteiger partial charge in [0.1, 0.15) is 5.01 Å². The highest BCUT2D eigenvalue weighted by molar-refractivity contribution is 7.21. The lowest BCUT2D eigenvalue weighted by atomic mass is 10.3. The van der Waals surface area contributed by atoms with E-state index in [2.05, 4.69) is 9.97 Å². The molecule has 3 nitrogen and oxygen atoms in total. The molecule has 16 heavy (non-hydrogen) atoms. The van der Waals surface area contributed by atoms with E-state index >= 15 is 0 Å². The molecule has 0 bridgehead atoms. The number of nitrogens with two attached hydrogens (primary N) is 1. The van der Waals surface area contributed by atoms with Crippen molar-refractivity contribution in [3.63, 3.8) is 0 Å². The lowest BCUT2D eigenvalue weighted by molar-refractivity contribution is 1.32. The molecular formula is C12H9N3S. The molecule has 3 aromatic rings. The number of hydrogen-bond acceptors (Lipinski definition) is 4. The van der Waals surface area contributed by atoms with Crippen molar-refractivity contribution in [3.8, 4) is 10.6 Å². The maximum absolute atomic E-state index is 5.72.